The maximum absolute atomic E-state index is 5.20. The van der Waals surface area contributed by atoms with Crippen molar-refractivity contribution >= 4 is 12.2 Å². The molecule has 0 amide bonds. The number of hydrogen-bond acceptors (Lipinski definition) is 1. The highest BCUT2D eigenvalue weighted by Crippen LogP contribution is 2.37. The van der Waals surface area contributed by atoms with Crippen LogP contribution in [0.2, 0.25) is 0 Å². The van der Waals surface area contributed by atoms with E-state index in [1.807, 2.05) is 18.3 Å². The molecule has 1 aliphatic rings. The lowest BCUT2D eigenvalue weighted by Crippen LogP contribution is -2.08. The Balaban J connectivity index is 2.00. The summed E-state index contributed by atoms with van der Waals surface area (Å²) in [7, 11) is 0. The van der Waals surface area contributed by atoms with Crippen LogP contribution in [0.15, 0.2) is 42.6 Å². The molecular formula is C15H15NS. The standard InChI is InChI=1S/C15H15NS/c17-14-7-8-16-15(10-14)13-6-2-5-12(9-13)11-3-1-4-11/h2,5-11H,1,3-4H2,(H,16,17). The third kappa shape index (κ3) is 2.18. The number of rotatable bonds is 2. The van der Waals surface area contributed by atoms with Crippen molar-refractivity contribution in [3.8, 4) is 11.3 Å². The molecule has 1 heterocycles. The molecule has 1 nitrogen and oxygen atoms in total. The van der Waals surface area contributed by atoms with Gasteiger partial charge in [-0.2, -0.15) is 0 Å². The molecule has 17 heavy (non-hydrogen) atoms. The Morgan fingerprint density at radius 2 is 2.00 bits per heavy atom. The van der Waals surface area contributed by atoms with Crippen molar-refractivity contribution in [1.82, 2.24) is 4.98 Å². The van der Waals surface area contributed by atoms with Crippen molar-refractivity contribution in [2.45, 2.75) is 25.2 Å². The first-order valence-corrected chi connectivity index (χ1v) is 6.53. The predicted octanol–water partition coefficient (Wildman–Crippen LogP) is 4.68. The van der Waals surface area contributed by atoms with Crippen molar-refractivity contribution in [3.05, 3.63) is 52.7 Å². The fourth-order valence-corrected chi connectivity index (χ4v) is 2.50. The van der Waals surface area contributed by atoms with Gasteiger partial charge in [-0.3, -0.25) is 0 Å². The number of aromatic nitrogens is 1. The lowest BCUT2D eigenvalue weighted by Gasteiger charge is -2.26. The van der Waals surface area contributed by atoms with Crippen molar-refractivity contribution in [2.75, 3.05) is 0 Å². The molecule has 1 aromatic heterocycles. The molecule has 0 bridgehead atoms. The summed E-state index contributed by atoms with van der Waals surface area (Å²) in [5, 5.41) is 0. The first-order valence-electron chi connectivity index (χ1n) is 6.12. The summed E-state index contributed by atoms with van der Waals surface area (Å²) < 4.78 is 0.882. The van der Waals surface area contributed by atoms with Crippen LogP contribution in [-0.2, 0) is 0 Å². The Morgan fingerprint density at radius 3 is 2.71 bits per heavy atom. The van der Waals surface area contributed by atoms with Gasteiger partial charge in [-0.25, -0.2) is 0 Å². The van der Waals surface area contributed by atoms with Gasteiger partial charge in [-0.05, 0) is 48.1 Å². The van der Waals surface area contributed by atoms with Gasteiger partial charge in [0.25, 0.3) is 0 Å². The minimum Gasteiger partial charge on any atom is -0.361 e. The fourth-order valence-electron chi connectivity index (χ4n) is 2.31. The van der Waals surface area contributed by atoms with Crippen LogP contribution in [-0.4, -0.2) is 4.98 Å². The number of pyridine rings is 1. The van der Waals surface area contributed by atoms with E-state index in [1.165, 1.54) is 30.4 Å². The van der Waals surface area contributed by atoms with Gasteiger partial charge in [0.2, 0.25) is 0 Å². The Hall–Kier alpha value is -1.41. The second-order valence-corrected chi connectivity index (χ2v) is 5.16. The minimum absolute atomic E-state index is 0.779. The molecule has 0 atom stereocenters. The Morgan fingerprint density at radius 1 is 1.12 bits per heavy atom. The Labute approximate surface area is 107 Å². The average Bonchev–Trinajstić information content (AvgIpc) is 2.27. The van der Waals surface area contributed by atoms with Crippen molar-refractivity contribution in [3.63, 3.8) is 0 Å². The van der Waals surface area contributed by atoms with E-state index >= 15 is 0 Å². The molecular weight excluding hydrogens is 226 g/mol. The summed E-state index contributed by atoms with van der Waals surface area (Å²) in [6.07, 6.45) is 5.97. The van der Waals surface area contributed by atoms with Gasteiger partial charge < -0.3 is 4.98 Å². The number of nitrogens with one attached hydrogen (secondary N) is 1. The second kappa shape index (κ2) is 4.46. The van der Waals surface area contributed by atoms with Crippen molar-refractivity contribution in [1.29, 1.82) is 0 Å². The summed E-state index contributed by atoms with van der Waals surface area (Å²) in [4.78, 5) is 3.26. The third-order valence-electron chi connectivity index (χ3n) is 3.55. The minimum atomic E-state index is 0.779. The molecule has 1 aromatic carbocycles. The van der Waals surface area contributed by atoms with Gasteiger partial charge in [0, 0.05) is 16.4 Å². The molecule has 0 saturated heterocycles. The molecule has 0 aliphatic heterocycles. The summed E-state index contributed by atoms with van der Waals surface area (Å²) in [5.41, 5.74) is 3.82. The van der Waals surface area contributed by atoms with Crippen LogP contribution in [0.25, 0.3) is 11.3 Å². The monoisotopic (exact) mass is 241 g/mol. The van der Waals surface area contributed by atoms with Crippen molar-refractivity contribution in [2.24, 2.45) is 0 Å². The van der Waals surface area contributed by atoms with E-state index in [4.69, 9.17) is 12.2 Å². The van der Waals surface area contributed by atoms with E-state index in [-0.39, 0.29) is 0 Å². The highest BCUT2D eigenvalue weighted by molar-refractivity contribution is 7.71. The van der Waals surface area contributed by atoms with E-state index in [2.05, 4.69) is 29.2 Å². The topological polar surface area (TPSA) is 15.8 Å². The van der Waals surface area contributed by atoms with Crippen LogP contribution in [0.4, 0.5) is 0 Å². The van der Waals surface area contributed by atoms with Crippen LogP contribution in [0.1, 0.15) is 30.7 Å². The molecule has 86 valence electrons. The van der Waals surface area contributed by atoms with Gasteiger partial charge in [0.15, 0.2) is 0 Å². The van der Waals surface area contributed by atoms with Crippen LogP contribution < -0.4 is 0 Å². The quantitative estimate of drug-likeness (QED) is 0.755. The van der Waals surface area contributed by atoms with Gasteiger partial charge in [-0.1, -0.05) is 36.8 Å². The Bertz CT molecular complexity index is 581. The number of aromatic amines is 1. The fraction of sp³-hybridized carbons (Fsp3) is 0.267. The average molecular weight is 241 g/mol. The molecule has 2 aromatic rings. The van der Waals surface area contributed by atoms with Crippen molar-refractivity contribution < 1.29 is 0 Å². The van der Waals surface area contributed by atoms with E-state index in [0.29, 0.717) is 0 Å². The first kappa shape index (κ1) is 10.7. The van der Waals surface area contributed by atoms with Crippen LogP contribution >= 0.6 is 12.2 Å². The lowest BCUT2D eigenvalue weighted by atomic mass is 9.79. The zero-order valence-corrected chi connectivity index (χ0v) is 10.5. The molecule has 1 N–H and O–H groups in total. The zero-order chi connectivity index (χ0) is 11.7. The maximum atomic E-state index is 5.20. The number of H-pyrrole nitrogens is 1. The van der Waals surface area contributed by atoms with Gasteiger partial charge in [-0.15, -0.1) is 0 Å². The van der Waals surface area contributed by atoms with E-state index in [9.17, 15) is 0 Å². The molecule has 0 unspecified atom stereocenters. The summed E-state index contributed by atoms with van der Waals surface area (Å²) >= 11 is 5.20. The van der Waals surface area contributed by atoms with Gasteiger partial charge >= 0.3 is 0 Å². The maximum Gasteiger partial charge on any atom is 0.0467 e. The third-order valence-corrected chi connectivity index (χ3v) is 3.80. The van der Waals surface area contributed by atoms with Gasteiger partial charge in [0.05, 0.1) is 0 Å². The van der Waals surface area contributed by atoms with Gasteiger partial charge in [0.1, 0.15) is 0 Å². The number of hydrogen-bond donors (Lipinski definition) is 1. The molecule has 1 fully saturated rings. The summed E-state index contributed by atoms with van der Waals surface area (Å²) in [6, 6.07) is 12.8. The molecule has 1 aliphatic carbocycles. The molecule has 0 spiro atoms. The molecule has 2 heteroatoms. The van der Waals surface area contributed by atoms with E-state index in [1.54, 1.807) is 0 Å². The highest BCUT2D eigenvalue weighted by Gasteiger charge is 2.19. The van der Waals surface area contributed by atoms with Crippen LogP contribution in [0.5, 0.6) is 0 Å². The smallest absolute Gasteiger partial charge is 0.0467 e. The van der Waals surface area contributed by atoms with Crippen LogP contribution in [0.3, 0.4) is 0 Å². The summed E-state index contributed by atoms with van der Waals surface area (Å²) in [5.74, 6) is 0.779. The largest absolute Gasteiger partial charge is 0.361 e. The first-order chi connectivity index (χ1) is 8.33. The lowest BCUT2D eigenvalue weighted by molar-refractivity contribution is 0.420. The summed E-state index contributed by atoms with van der Waals surface area (Å²) in [6.45, 7) is 0. The second-order valence-electron chi connectivity index (χ2n) is 4.69. The highest BCUT2D eigenvalue weighted by atomic mass is 32.1. The molecule has 3 rings (SSSR count). The zero-order valence-electron chi connectivity index (χ0n) is 9.65. The predicted molar refractivity (Wildman–Crippen MR) is 73.7 cm³/mol. The molecule has 0 radical (unpaired) electrons. The van der Waals surface area contributed by atoms with Crippen LogP contribution in [0, 0.1) is 4.51 Å². The Kier molecular flexibility index (Phi) is 2.81. The van der Waals surface area contributed by atoms with E-state index in [0.717, 1.165) is 16.1 Å². The normalized spacial score (nSPS) is 15.5. The number of benzene rings is 1. The molecule has 1 saturated carbocycles. The van der Waals surface area contributed by atoms with E-state index < -0.39 is 0 Å². The SMILES string of the molecule is S=c1cc[nH]c(-c2cccc(C3CCC3)c2)c1.